The van der Waals surface area contributed by atoms with E-state index in [1.165, 1.54) is 0 Å². The Labute approximate surface area is 227 Å². The average molecular weight is 546 g/mol. The first-order valence-corrected chi connectivity index (χ1v) is 12.9. The van der Waals surface area contributed by atoms with Crippen molar-refractivity contribution in [3.63, 3.8) is 0 Å². The quantitative estimate of drug-likeness (QED) is 0.0612. The maximum atomic E-state index is 13.2. The average Bonchev–Trinajstić information content (AvgIpc) is 3.43. The van der Waals surface area contributed by atoms with Crippen molar-refractivity contribution in [2.45, 2.75) is 69.1 Å². The van der Waals surface area contributed by atoms with Crippen LogP contribution in [0.1, 0.15) is 44.1 Å². The van der Waals surface area contributed by atoms with Gasteiger partial charge >= 0.3 is 0 Å². The third kappa shape index (κ3) is 11.4. The molecule has 14 heteroatoms. The molecule has 1 aromatic rings. The number of amides is 5. The fraction of sp³-hybridized carbons (Fsp3) is 0.520. The molecular weight excluding hydrogens is 506 g/mol. The van der Waals surface area contributed by atoms with Gasteiger partial charge in [0, 0.05) is 19.4 Å². The predicted octanol–water partition coefficient (Wildman–Crippen LogP) is -2.76. The first-order chi connectivity index (χ1) is 18.6. The molecule has 1 fully saturated rings. The Balaban J connectivity index is 2.16. The van der Waals surface area contributed by atoms with Crippen LogP contribution < -0.4 is 44.2 Å². The van der Waals surface area contributed by atoms with Crippen LogP contribution in [-0.4, -0.2) is 72.8 Å². The lowest BCUT2D eigenvalue weighted by Gasteiger charge is -2.25. The Bertz CT molecular complexity index is 1020. The van der Waals surface area contributed by atoms with E-state index < -0.39 is 47.8 Å². The molecule has 214 valence electrons. The topological polar surface area (TPSA) is 250 Å². The third-order valence-electron chi connectivity index (χ3n) is 6.21. The van der Waals surface area contributed by atoms with Gasteiger partial charge in [0.15, 0.2) is 5.96 Å². The molecule has 5 amide bonds. The van der Waals surface area contributed by atoms with Crippen LogP contribution in [0.5, 0.6) is 0 Å². The fourth-order valence-corrected chi connectivity index (χ4v) is 4.13. The smallest absolute Gasteiger partial charge is 0.243 e. The van der Waals surface area contributed by atoms with E-state index in [-0.39, 0.29) is 44.1 Å². The summed E-state index contributed by atoms with van der Waals surface area (Å²) in [7, 11) is 0. The van der Waals surface area contributed by atoms with Gasteiger partial charge in [-0.15, -0.1) is 0 Å². The molecule has 1 heterocycles. The summed E-state index contributed by atoms with van der Waals surface area (Å²) in [6.45, 7) is 0.874. The lowest BCUT2D eigenvalue weighted by atomic mass is 10.0. The number of hydrogen-bond donors (Lipinski definition) is 8. The van der Waals surface area contributed by atoms with Gasteiger partial charge in [-0.05, 0) is 44.2 Å². The molecule has 39 heavy (non-hydrogen) atoms. The molecule has 12 N–H and O–H groups in total. The zero-order valence-electron chi connectivity index (χ0n) is 21.9. The SMILES string of the molecule is NC(=O)CC[C@H](NC(=O)[C@@H]1CCCN1)C(=O)N[C@@H](CCCN=C(N)N)C(=O)N[C@@H](Cc1ccccc1)C(N)=O. The minimum Gasteiger partial charge on any atom is -0.370 e. The Morgan fingerprint density at radius 1 is 0.897 bits per heavy atom. The molecule has 0 unspecified atom stereocenters. The van der Waals surface area contributed by atoms with Crippen molar-refractivity contribution in [1.29, 1.82) is 0 Å². The third-order valence-corrected chi connectivity index (χ3v) is 6.21. The summed E-state index contributed by atoms with van der Waals surface area (Å²) < 4.78 is 0. The molecule has 0 spiro atoms. The van der Waals surface area contributed by atoms with E-state index in [2.05, 4.69) is 26.3 Å². The van der Waals surface area contributed by atoms with Gasteiger partial charge in [0.25, 0.3) is 0 Å². The molecule has 1 aromatic carbocycles. The molecule has 0 aromatic heterocycles. The predicted molar refractivity (Wildman–Crippen MR) is 144 cm³/mol. The molecule has 14 nitrogen and oxygen atoms in total. The number of aliphatic imine (C=N–C) groups is 1. The van der Waals surface area contributed by atoms with Gasteiger partial charge in [0.1, 0.15) is 18.1 Å². The minimum absolute atomic E-state index is 0.0557. The van der Waals surface area contributed by atoms with E-state index in [9.17, 15) is 24.0 Å². The second-order valence-electron chi connectivity index (χ2n) is 9.38. The number of rotatable bonds is 16. The molecule has 0 radical (unpaired) electrons. The molecule has 0 aliphatic carbocycles. The van der Waals surface area contributed by atoms with Gasteiger partial charge in [0.05, 0.1) is 6.04 Å². The highest BCUT2D eigenvalue weighted by Crippen LogP contribution is 2.09. The second kappa shape index (κ2) is 15.9. The van der Waals surface area contributed by atoms with E-state index in [1.54, 1.807) is 24.3 Å². The first kappa shape index (κ1) is 31.0. The minimum atomic E-state index is -1.11. The number of guanidine groups is 1. The molecule has 4 atom stereocenters. The number of carbonyl (C=O) groups excluding carboxylic acids is 5. The fourth-order valence-electron chi connectivity index (χ4n) is 4.13. The monoisotopic (exact) mass is 545 g/mol. The lowest BCUT2D eigenvalue weighted by Crippen LogP contribution is -2.57. The van der Waals surface area contributed by atoms with Crippen LogP contribution in [0.3, 0.4) is 0 Å². The van der Waals surface area contributed by atoms with E-state index in [4.69, 9.17) is 22.9 Å². The van der Waals surface area contributed by atoms with Crippen molar-refractivity contribution in [3.05, 3.63) is 35.9 Å². The van der Waals surface area contributed by atoms with Crippen molar-refractivity contribution in [2.75, 3.05) is 13.1 Å². The van der Waals surface area contributed by atoms with Crippen LogP contribution in [0.2, 0.25) is 0 Å². The van der Waals surface area contributed by atoms with Crippen LogP contribution in [0.4, 0.5) is 0 Å². The van der Waals surface area contributed by atoms with Crippen LogP contribution in [0.15, 0.2) is 35.3 Å². The molecule has 2 rings (SSSR count). The number of carbonyl (C=O) groups is 5. The van der Waals surface area contributed by atoms with Gasteiger partial charge in [-0.25, -0.2) is 0 Å². The van der Waals surface area contributed by atoms with Crippen molar-refractivity contribution in [3.8, 4) is 0 Å². The Morgan fingerprint density at radius 3 is 2.10 bits per heavy atom. The number of hydrogen-bond acceptors (Lipinski definition) is 7. The zero-order valence-corrected chi connectivity index (χ0v) is 21.9. The molecular formula is C25H39N9O5. The highest BCUT2D eigenvalue weighted by molar-refractivity contribution is 5.95. The largest absolute Gasteiger partial charge is 0.370 e. The summed E-state index contributed by atoms with van der Waals surface area (Å²) in [4.78, 5) is 66.5. The van der Waals surface area contributed by atoms with Crippen LogP contribution in [0, 0.1) is 0 Å². The Morgan fingerprint density at radius 2 is 1.54 bits per heavy atom. The van der Waals surface area contributed by atoms with Crippen LogP contribution in [0.25, 0.3) is 0 Å². The van der Waals surface area contributed by atoms with Gasteiger partial charge in [-0.2, -0.15) is 0 Å². The highest BCUT2D eigenvalue weighted by atomic mass is 16.2. The van der Waals surface area contributed by atoms with Crippen molar-refractivity contribution >= 4 is 35.5 Å². The van der Waals surface area contributed by atoms with Gasteiger partial charge in [-0.1, -0.05) is 30.3 Å². The number of nitrogens with one attached hydrogen (secondary N) is 4. The number of nitrogens with two attached hydrogens (primary N) is 4. The molecule has 1 aliphatic heterocycles. The summed E-state index contributed by atoms with van der Waals surface area (Å²) in [5.41, 5.74) is 22.3. The standard InChI is InChI=1S/C25H39N9O5/c26-20(35)11-10-18(33-22(37)16-8-4-12-30-16)24(39)32-17(9-5-13-31-25(28)29)23(38)34-19(21(27)36)14-15-6-2-1-3-7-15/h1-3,6-7,16-19,30H,4-5,8-14H2,(H2,26,35)(H2,27,36)(H,32,39)(H,33,37)(H,34,38)(H4,28,29,31)/t16-,17-,18-,19-/m0/s1. The number of primary amides is 2. The number of nitrogens with zero attached hydrogens (tertiary/aromatic N) is 1. The van der Waals surface area contributed by atoms with E-state index in [0.29, 0.717) is 19.4 Å². The van der Waals surface area contributed by atoms with Gasteiger partial charge in [-0.3, -0.25) is 29.0 Å². The molecule has 1 saturated heterocycles. The summed E-state index contributed by atoms with van der Waals surface area (Å²) in [6.07, 6.45) is 1.81. The first-order valence-electron chi connectivity index (χ1n) is 12.9. The van der Waals surface area contributed by atoms with Crippen molar-refractivity contribution in [2.24, 2.45) is 27.9 Å². The molecule has 0 saturated carbocycles. The van der Waals surface area contributed by atoms with Crippen molar-refractivity contribution < 1.29 is 24.0 Å². The van der Waals surface area contributed by atoms with E-state index in [0.717, 1.165) is 12.0 Å². The summed E-state index contributed by atoms with van der Waals surface area (Å²) >= 11 is 0. The molecule has 0 bridgehead atoms. The van der Waals surface area contributed by atoms with Crippen LogP contribution >= 0.6 is 0 Å². The van der Waals surface area contributed by atoms with Crippen molar-refractivity contribution in [1.82, 2.24) is 21.3 Å². The maximum absolute atomic E-state index is 13.2. The summed E-state index contributed by atoms with van der Waals surface area (Å²) in [6, 6.07) is 5.28. The normalized spacial score (nSPS) is 16.8. The zero-order chi connectivity index (χ0) is 28.8. The Kier molecular flexibility index (Phi) is 12.7. The van der Waals surface area contributed by atoms with Gasteiger partial charge in [0.2, 0.25) is 29.5 Å². The Hall–Kier alpha value is -4.20. The van der Waals surface area contributed by atoms with Crippen LogP contribution in [-0.2, 0) is 30.4 Å². The van der Waals surface area contributed by atoms with E-state index in [1.807, 2.05) is 6.07 Å². The second-order valence-corrected chi connectivity index (χ2v) is 9.38. The molecule has 1 aliphatic rings. The maximum Gasteiger partial charge on any atom is 0.243 e. The summed E-state index contributed by atoms with van der Waals surface area (Å²) in [5.74, 6) is -3.21. The summed E-state index contributed by atoms with van der Waals surface area (Å²) in [5, 5.41) is 10.9. The lowest BCUT2D eigenvalue weighted by molar-refractivity contribution is -0.134. The highest BCUT2D eigenvalue weighted by Gasteiger charge is 2.31. The number of benzene rings is 1. The van der Waals surface area contributed by atoms with E-state index >= 15 is 0 Å². The van der Waals surface area contributed by atoms with Gasteiger partial charge < -0.3 is 44.2 Å².